The van der Waals surface area contributed by atoms with Gasteiger partial charge in [-0.25, -0.2) is 0 Å². The minimum atomic E-state index is -5.61. The standard InChI is InChI=1S/2Al.Li.HO4Si.O4Si/c;;;2*1-5(2,3)4/h;;;1H;/q2*+3;+1;-3;-4. The summed E-state index contributed by atoms with van der Waals surface area (Å²) in [6, 6.07) is 0. The van der Waals surface area contributed by atoms with E-state index in [1.54, 1.807) is 0 Å². The molecule has 13 heteroatoms. The summed E-state index contributed by atoms with van der Waals surface area (Å²) in [5.74, 6) is 0. The molecule has 0 unspecified atom stereocenters. The third-order valence-electron chi connectivity index (χ3n) is 0. The Labute approximate surface area is 110 Å². The maximum absolute atomic E-state index is 8.69. The molecule has 0 atom stereocenters. The summed E-state index contributed by atoms with van der Waals surface area (Å²) in [5.41, 5.74) is 0. The van der Waals surface area contributed by atoms with Gasteiger partial charge in [0.15, 0.2) is 0 Å². The zero-order chi connectivity index (χ0) is 9.00. The van der Waals surface area contributed by atoms with Crippen molar-refractivity contribution in [1.82, 2.24) is 0 Å². The third kappa shape index (κ3) is 606. The SMILES string of the molecule is [Al+3].[Al+3].[Li+].[O-][Si]([O-])([O-])O.[O-][Si]([O-])([O-])[O-]. The van der Waals surface area contributed by atoms with Crippen LogP contribution < -0.4 is 52.4 Å². The van der Waals surface area contributed by atoms with Crippen LogP contribution in [-0.2, 0) is 0 Å². The van der Waals surface area contributed by atoms with Crippen LogP contribution in [-0.4, -0.2) is 57.6 Å². The van der Waals surface area contributed by atoms with Gasteiger partial charge in [-0.3, -0.25) is 0 Å². The van der Waals surface area contributed by atoms with Crippen LogP contribution in [0.2, 0.25) is 0 Å². The molecular formula is HAl2LiO8Si2. The minimum absolute atomic E-state index is 0. The molecule has 0 saturated heterocycles. The Morgan fingerprint density at radius 1 is 0.692 bits per heavy atom. The molecule has 0 radical (unpaired) electrons. The molecule has 0 aliphatic heterocycles. The first kappa shape index (κ1) is 29.3. The van der Waals surface area contributed by atoms with Crippen LogP contribution in [0.3, 0.4) is 0 Å². The van der Waals surface area contributed by atoms with E-state index >= 15 is 0 Å². The molecule has 1 N–H and O–H groups in total. The molecule has 0 aliphatic carbocycles. The van der Waals surface area contributed by atoms with Crippen molar-refractivity contribution in [3.8, 4) is 0 Å². The van der Waals surface area contributed by atoms with E-state index in [1.165, 1.54) is 0 Å². The fraction of sp³-hybridized carbons (Fsp3) is 0. The Balaban J connectivity index is -0.0000000267. The van der Waals surface area contributed by atoms with Gasteiger partial charge in [0.05, 0.1) is 0 Å². The smallest absolute Gasteiger partial charge is 0.894 e. The Bertz CT molecular complexity index is 63.1. The maximum atomic E-state index is 8.69. The van der Waals surface area contributed by atoms with E-state index in [9.17, 15) is 0 Å². The minimum Gasteiger partial charge on any atom is -0.894 e. The van der Waals surface area contributed by atoms with E-state index in [1.807, 2.05) is 0 Å². The maximum Gasteiger partial charge on any atom is 3.00 e. The summed E-state index contributed by atoms with van der Waals surface area (Å²) in [7, 11) is -11.0. The number of hydrogen-bond acceptors (Lipinski definition) is 8. The molecule has 0 aliphatic rings. The van der Waals surface area contributed by atoms with Gasteiger partial charge in [0.2, 0.25) is 0 Å². The zero-order valence-electron chi connectivity index (χ0n) is 6.46. The topological polar surface area (TPSA) is 182 Å². The van der Waals surface area contributed by atoms with Gasteiger partial charge in [-0.2, -0.15) is 0 Å². The molecule has 0 amide bonds. The third-order valence-corrected chi connectivity index (χ3v) is 0. The van der Waals surface area contributed by atoms with Gasteiger partial charge in [0.1, 0.15) is 0 Å². The van der Waals surface area contributed by atoms with Gasteiger partial charge in [-0.1, -0.05) is 0 Å². The molecule has 0 aromatic carbocycles. The van der Waals surface area contributed by atoms with Crippen LogP contribution in [0.4, 0.5) is 0 Å². The van der Waals surface area contributed by atoms with E-state index < -0.39 is 18.1 Å². The molecule has 0 fully saturated rings. The predicted octanol–water partition coefficient (Wildman–Crippen LogP) is -13.4. The summed E-state index contributed by atoms with van der Waals surface area (Å²) < 4.78 is 0. The van der Waals surface area contributed by atoms with Gasteiger partial charge in [-0.05, 0) is 0 Å². The van der Waals surface area contributed by atoms with Crippen molar-refractivity contribution in [2.45, 2.75) is 0 Å². The Morgan fingerprint density at radius 3 is 0.692 bits per heavy atom. The van der Waals surface area contributed by atoms with Crippen molar-refractivity contribution in [3.05, 3.63) is 0 Å². The summed E-state index contributed by atoms with van der Waals surface area (Å²) in [6.07, 6.45) is 0. The predicted molar refractivity (Wildman–Crippen MR) is 25.2 cm³/mol. The molecule has 0 spiro atoms. The molecule has 0 bridgehead atoms. The molecule has 0 rings (SSSR count). The molecular weight excluding hydrogens is 245 g/mol. The van der Waals surface area contributed by atoms with Crippen molar-refractivity contribution >= 4 is 52.8 Å². The second-order valence-corrected chi connectivity index (χ2v) is 3.07. The van der Waals surface area contributed by atoms with Crippen LogP contribution in [0.5, 0.6) is 0 Å². The van der Waals surface area contributed by atoms with E-state index in [-0.39, 0.29) is 53.6 Å². The van der Waals surface area contributed by atoms with Crippen molar-refractivity contribution < 1.29 is 57.2 Å². The summed E-state index contributed by atoms with van der Waals surface area (Å²) in [6.45, 7) is 0. The van der Waals surface area contributed by atoms with Crippen LogP contribution in [0.1, 0.15) is 0 Å². The average Bonchev–Trinajstić information content (AvgIpc) is 1.12. The van der Waals surface area contributed by atoms with Gasteiger partial charge >= 0.3 is 53.6 Å². The molecule has 0 aromatic rings. The summed E-state index contributed by atoms with van der Waals surface area (Å²) >= 11 is 0. The Hall–Kier alpha value is 1.78. The first-order valence-corrected chi connectivity index (χ1v) is 4.96. The number of rotatable bonds is 0. The molecule has 0 heterocycles. The van der Waals surface area contributed by atoms with Crippen LogP contribution >= 0.6 is 0 Å². The van der Waals surface area contributed by atoms with Gasteiger partial charge in [0, 0.05) is 0 Å². The van der Waals surface area contributed by atoms with Crippen LogP contribution in [0.25, 0.3) is 0 Å². The first-order valence-electron chi connectivity index (χ1n) is 1.65. The number of hydrogen-bond donors (Lipinski definition) is 1. The van der Waals surface area contributed by atoms with Crippen molar-refractivity contribution in [3.63, 3.8) is 0 Å². The van der Waals surface area contributed by atoms with Crippen LogP contribution in [0, 0.1) is 0 Å². The van der Waals surface area contributed by atoms with E-state index in [0.717, 1.165) is 0 Å². The molecule has 0 aromatic heterocycles. The molecule has 64 valence electrons. The van der Waals surface area contributed by atoms with Gasteiger partial charge in [0.25, 0.3) is 0 Å². The Morgan fingerprint density at radius 2 is 0.692 bits per heavy atom. The van der Waals surface area contributed by atoms with Gasteiger partial charge < -0.3 is 47.4 Å². The largest absolute Gasteiger partial charge is 3.00 e. The van der Waals surface area contributed by atoms with E-state index in [0.29, 0.717) is 0 Å². The van der Waals surface area contributed by atoms with Crippen LogP contribution in [0.15, 0.2) is 0 Å². The summed E-state index contributed by atoms with van der Waals surface area (Å²) in [4.78, 5) is 67.4. The Kier molecular flexibility index (Phi) is 26.7. The fourth-order valence-electron chi connectivity index (χ4n) is 0. The monoisotopic (exact) mass is 246 g/mol. The summed E-state index contributed by atoms with van der Waals surface area (Å²) in [5, 5.41) is 0. The van der Waals surface area contributed by atoms with E-state index in [4.69, 9.17) is 38.4 Å². The molecule has 0 saturated carbocycles. The normalized spacial score (nSPS) is 9.23. The fourth-order valence-corrected chi connectivity index (χ4v) is 0. The average molecular weight is 246 g/mol. The van der Waals surface area contributed by atoms with Crippen molar-refractivity contribution in [2.24, 2.45) is 0 Å². The second-order valence-electron chi connectivity index (χ2n) is 1.02. The van der Waals surface area contributed by atoms with Gasteiger partial charge in [-0.15, -0.1) is 9.05 Å². The first-order chi connectivity index (χ1) is 4.00. The zero-order valence-corrected chi connectivity index (χ0v) is 10.8. The van der Waals surface area contributed by atoms with Crippen molar-refractivity contribution in [1.29, 1.82) is 0 Å². The quantitative estimate of drug-likeness (QED) is 0.408. The van der Waals surface area contributed by atoms with E-state index in [2.05, 4.69) is 0 Å². The second kappa shape index (κ2) is 11.8. The molecule has 13 heavy (non-hydrogen) atoms. The molecule has 8 nitrogen and oxygen atoms in total. The van der Waals surface area contributed by atoms with Crippen molar-refractivity contribution in [2.75, 3.05) is 0 Å².